The van der Waals surface area contributed by atoms with E-state index in [0.717, 1.165) is 6.08 Å². The molecule has 5 heteroatoms. The average Bonchev–Trinajstić information content (AvgIpc) is 2.39. The zero-order valence-corrected chi connectivity index (χ0v) is 10.2. The first-order valence-corrected chi connectivity index (χ1v) is 6.10. The van der Waals surface area contributed by atoms with E-state index < -0.39 is 18.0 Å². The van der Waals surface area contributed by atoms with E-state index in [4.69, 9.17) is 0 Å². The molecule has 1 aliphatic rings. The van der Waals surface area contributed by atoms with E-state index in [1.807, 2.05) is 0 Å². The summed E-state index contributed by atoms with van der Waals surface area (Å²) in [6.07, 6.45) is -2.37. The lowest BCUT2D eigenvalue weighted by Crippen LogP contribution is -2.26. The highest BCUT2D eigenvalue weighted by atomic mass is 19.4. The van der Waals surface area contributed by atoms with Crippen LogP contribution in [0.5, 0.6) is 0 Å². The van der Waals surface area contributed by atoms with Crippen LogP contribution < -0.4 is 5.32 Å². The summed E-state index contributed by atoms with van der Waals surface area (Å²) in [5.41, 5.74) is 0.806. The van der Waals surface area contributed by atoms with Crippen LogP contribution in [0.15, 0.2) is 42.0 Å². The highest BCUT2D eigenvalue weighted by molar-refractivity contribution is 6.03. The van der Waals surface area contributed by atoms with Crippen LogP contribution in [0.3, 0.4) is 0 Å². The lowest BCUT2D eigenvalue weighted by molar-refractivity contribution is -0.164. The summed E-state index contributed by atoms with van der Waals surface area (Å²) in [5, 5.41) is 2.61. The molecule has 2 nitrogen and oxygen atoms in total. The third kappa shape index (κ3) is 3.59. The lowest BCUT2D eigenvalue weighted by atomic mass is 9.89. The van der Waals surface area contributed by atoms with Gasteiger partial charge in [-0.2, -0.15) is 13.2 Å². The molecule has 1 aromatic rings. The Hall–Kier alpha value is -1.78. The van der Waals surface area contributed by atoms with Gasteiger partial charge in [-0.25, -0.2) is 0 Å². The molecule has 0 fully saturated rings. The zero-order chi connectivity index (χ0) is 13.9. The van der Waals surface area contributed by atoms with Gasteiger partial charge in [-0.05, 0) is 31.4 Å². The minimum absolute atomic E-state index is 0.0611. The highest BCUT2D eigenvalue weighted by Crippen LogP contribution is 2.36. The standard InChI is InChI=1S/C14H14F3NO/c15-14(16,17)11-6-4-5-10(9-11)13(19)18-12-7-2-1-3-8-12/h1-3,7-9,11H,4-6H2,(H,18,19). The van der Waals surface area contributed by atoms with Gasteiger partial charge in [0.2, 0.25) is 0 Å². The monoisotopic (exact) mass is 269 g/mol. The van der Waals surface area contributed by atoms with Crippen molar-refractivity contribution in [3.63, 3.8) is 0 Å². The van der Waals surface area contributed by atoms with Gasteiger partial charge in [0, 0.05) is 11.3 Å². The fourth-order valence-electron chi connectivity index (χ4n) is 2.10. The van der Waals surface area contributed by atoms with Crippen molar-refractivity contribution in [1.82, 2.24) is 0 Å². The Kier molecular flexibility index (Phi) is 3.93. The maximum absolute atomic E-state index is 12.6. The maximum Gasteiger partial charge on any atom is 0.395 e. The summed E-state index contributed by atoms with van der Waals surface area (Å²) in [6.45, 7) is 0. The van der Waals surface area contributed by atoms with Gasteiger partial charge >= 0.3 is 6.18 Å². The van der Waals surface area contributed by atoms with Crippen LogP contribution in [0.25, 0.3) is 0 Å². The number of alkyl halides is 3. The second-order valence-electron chi connectivity index (χ2n) is 4.55. The van der Waals surface area contributed by atoms with Crippen molar-refractivity contribution in [2.24, 2.45) is 5.92 Å². The molecule has 19 heavy (non-hydrogen) atoms. The van der Waals surface area contributed by atoms with Gasteiger partial charge < -0.3 is 5.32 Å². The SMILES string of the molecule is O=C(Nc1ccccc1)C1=CC(C(F)(F)F)CCC1. The van der Waals surface area contributed by atoms with Crippen LogP contribution in [0.4, 0.5) is 18.9 Å². The van der Waals surface area contributed by atoms with Crippen molar-refractivity contribution in [1.29, 1.82) is 0 Å². The number of amides is 1. The molecule has 0 heterocycles. The van der Waals surface area contributed by atoms with E-state index in [0.29, 0.717) is 18.5 Å². The first-order valence-electron chi connectivity index (χ1n) is 6.10. The number of halogens is 3. The summed E-state index contributed by atoms with van der Waals surface area (Å²) < 4.78 is 37.9. The Balaban J connectivity index is 2.09. The van der Waals surface area contributed by atoms with Gasteiger partial charge in [0.25, 0.3) is 5.91 Å². The number of anilines is 1. The topological polar surface area (TPSA) is 29.1 Å². The van der Waals surface area contributed by atoms with E-state index in [2.05, 4.69) is 5.32 Å². The summed E-state index contributed by atoms with van der Waals surface area (Å²) in [4.78, 5) is 11.9. The molecule has 0 aromatic heterocycles. The second-order valence-corrected chi connectivity index (χ2v) is 4.55. The fraction of sp³-hybridized carbons (Fsp3) is 0.357. The van der Waals surface area contributed by atoms with Gasteiger partial charge in [-0.1, -0.05) is 24.3 Å². The molecule has 0 saturated heterocycles. The van der Waals surface area contributed by atoms with Crippen LogP contribution in [-0.2, 0) is 4.79 Å². The van der Waals surface area contributed by atoms with Gasteiger partial charge in [-0.15, -0.1) is 0 Å². The van der Waals surface area contributed by atoms with Crippen LogP contribution in [-0.4, -0.2) is 12.1 Å². The summed E-state index contributed by atoms with van der Waals surface area (Å²) >= 11 is 0. The Labute approximate surface area is 109 Å². The van der Waals surface area contributed by atoms with E-state index >= 15 is 0 Å². The van der Waals surface area contributed by atoms with Crippen molar-refractivity contribution in [2.75, 3.05) is 5.32 Å². The Morgan fingerprint density at radius 3 is 2.53 bits per heavy atom. The van der Waals surface area contributed by atoms with E-state index in [9.17, 15) is 18.0 Å². The predicted molar refractivity (Wildman–Crippen MR) is 66.6 cm³/mol. The van der Waals surface area contributed by atoms with Gasteiger partial charge in [-0.3, -0.25) is 4.79 Å². The number of benzene rings is 1. The van der Waals surface area contributed by atoms with E-state index in [1.165, 1.54) is 0 Å². The molecule has 0 radical (unpaired) electrons. The molecule has 1 aliphatic carbocycles. The zero-order valence-electron chi connectivity index (χ0n) is 10.2. The van der Waals surface area contributed by atoms with Gasteiger partial charge in [0.15, 0.2) is 0 Å². The summed E-state index contributed by atoms with van der Waals surface area (Å²) in [5.74, 6) is -1.95. The van der Waals surface area contributed by atoms with Crippen LogP contribution in [0, 0.1) is 5.92 Å². The summed E-state index contributed by atoms with van der Waals surface area (Å²) in [7, 11) is 0. The van der Waals surface area contributed by atoms with Crippen LogP contribution in [0.2, 0.25) is 0 Å². The first kappa shape index (κ1) is 13.6. The second kappa shape index (κ2) is 5.47. The molecule has 102 valence electrons. The number of nitrogens with one attached hydrogen (secondary N) is 1. The number of carbonyl (C=O) groups is 1. The minimum Gasteiger partial charge on any atom is -0.322 e. The van der Waals surface area contributed by atoms with E-state index in [1.54, 1.807) is 30.3 Å². The van der Waals surface area contributed by atoms with Gasteiger partial charge in [0.05, 0.1) is 5.92 Å². The van der Waals surface area contributed by atoms with Crippen LogP contribution >= 0.6 is 0 Å². The molecule has 1 aromatic carbocycles. The minimum atomic E-state index is -4.27. The van der Waals surface area contributed by atoms with Crippen molar-refractivity contribution >= 4 is 11.6 Å². The van der Waals surface area contributed by atoms with E-state index in [-0.39, 0.29) is 12.0 Å². The molecule has 1 atom stereocenters. The third-order valence-corrected chi connectivity index (χ3v) is 3.11. The van der Waals surface area contributed by atoms with Crippen molar-refractivity contribution in [3.8, 4) is 0 Å². The number of allylic oxidation sites excluding steroid dienone is 1. The molecular formula is C14H14F3NO. The maximum atomic E-state index is 12.6. The van der Waals surface area contributed by atoms with Crippen molar-refractivity contribution < 1.29 is 18.0 Å². The number of para-hydroxylation sites is 1. The molecule has 1 unspecified atom stereocenters. The third-order valence-electron chi connectivity index (χ3n) is 3.11. The highest BCUT2D eigenvalue weighted by Gasteiger charge is 2.39. The Morgan fingerprint density at radius 2 is 1.89 bits per heavy atom. The molecule has 1 amide bonds. The lowest BCUT2D eigenvalue weighted by Gasteiger charge is -2.22. The molecule has 0 aliphatic heterocycles. The normalized spacial score (nSPS) is 19.7. The molecule has 0 saturated carbocycles. The number of hydrogen-bond acceptors (Lipinski definition) is 1. The quantitative estimate of drug-likeness (QED) is 0.866. The Bertz CT molecular complexity index is 479. The van der Waals surface area contributed by atoms with Crippen molar-refractivity contribution in [3.05, 3.63) is 42.0 Å². The number of rotatable bonds is 2. The molecule has 2 rings (SSSR count). The average molecular weight is 269 g/mol. The molecule has 0 spiro atoms. The number of hydrogen-bond donors (Lipinski definition) is 1. The first-order chi connectivity index (χ1) is 8.97. The predicted octanol–water partition coefficient (Wildman–Crippen LogP) is 3.91. The number of carbonyl (C=O) groups excluding carboxylic acids is 1. The Morgan fingerprint density at radius 1 is 1.21 bits per heavy atom. The van der Waals surface area contributed by atoms with Gasteiger partial charge in [0.1, 0.15) is 0 Å². The molecule has 0 bridgehead atoms. The van der Waals surface area contributed by atoms with Crippen molar-refractivity contribution in [2.45, 2.75) is 25.4 Å². The fourth-order valence-corrected chi connectivity index (χ4v) is 2.10. The molecular weight excluding hydrogens is 255 g/mol. The summed E-state index contributed by atoms with van der Waals surface area (Å²) in [6, 6.07) is 8.70. The molecule has 1 N–H and O–H groups in total. The van der Waals surface area contributed by atoms with Crippen LogP contribution in [0.1, 0.15) is 19.3 Å². The smallest absolute Gasteiger partial charge is 0.322 e. The largest absolute Gasteiger partial charge is 0.395 e.